The maximum Gasteiger partial charge on any atom is 0.329 e. The van der Waals surface area contributed by atoms with Crippen LogP contribution in [0.4, 0.5) is 0 Å². The van der Waals surface area contributed by atoms with Crippen LogP contribution in [0.25, 0.3) is 0 Å². The number of aryl methyl sites for hydroxylation is 1. The fourth-order valence-corrected chi connectivity index (χ4v) is 5.13. The van der Waals surface area contributed by atoms with Crippen molar-refractivity contribution in [2.24, 2.45) is 5.92 Å². The topological polar surface area (TPSA) is 84.9 Å². The van der Waals surface area contributed by atoms with Gasteiger partial charge in [0.25, 0.3) is 0 Å². The minimum Gasteiger partial charge on any atom is -0.493 e. The molecule has 0 radical (unpaired) electrons. The lowest BCUT2D eigenvalue weighted by Gasteiger charge is -2.28. The number of carboxylic acid groups (broad SMARTS) is 1. The fraction of sp³-hybridized carbons (Fsp3) is 0.533. The lowest BCUT2D eigenvalue weighted by molar-refractivity contribution is -0.148. The molecule has 0 saturated heterocycles. The molecule has 1 atom stereocenters. The molecular formula is C30H41NO5. The average Bonchev–Trinajstić information content (AvgIpc) is 3.34. The molecule has 1 amide bonds. The number of aliphatic carboxylic acids is 1. The van der Waals surface area contributed by atoms with Gasteiger partial charge in [-0.3, -0.25) is 4.79 Å². The second kappa shape index (κ2) is 13.3. The molecule has 1 unspecified atom stereocenters. The molecule has 2 aromatic carbocycles. The van der Waals surface area contributed by atoms with Gasteiger partial charge < -0.3 is 19.9 Å². The van der Waals surface area contributed by atoms with Crippen LogP contribution < -0.4 is 14.8 Å². The van der Waals surface area contributed by atoms with Gasteiger partial charge in [-0.15, -0.1) is 0 Å². The number of hydrogen-bond donors (Lipinski definition) is 2. The first-order valence-electron chi connectivity index (χ1n) is 13.4. The van der Waals surface area contributed by atoms with Crippen molar-refractivity contribution in [3.63, 3.8) is 0 Å². The highest BCUT2D eigenvalue weighted by Gasteiger charge is 2.43. The van der Waals surface area contributed by atoms with Crippen LogP contribution in [-0.2, 0) is 22.4 Å². The molecule has 0 bridgehead atoms. The third-order valence-corrected chi connectivity index (χ3v) is 7.16. The first-order valence-corrected chi connectivity index (χ1v) is 13.4. The molecule has 36 heavy (non-hydrogen) atoms. The van der Waals surface area contributed by atoms with E-state index >= 15 is 0 Å². The summed E-state index contributed by atoms with van der Waals surface area (Å²) < 4.78 is 11.7. The van der Waals surface area contributed by atoms with Gasteiger partial charge in [-0.05, 0) is 82.6 Å². The Labute approximate surface area is 215 Å². The van der Waals surface area contributed by atoms with Crippen LogP contribution in [0.1, 0.15) is 75.5 Å². The van der Waals surface area contributed by atoms with E-state index in [1.807, 2.05) is 51.1 Å². The summed E-state index contributed by atoms with van der Waals surface area (Å²) in [4.78, 5) is 25.6. The Kier molecular flexibility index (Phi) is 10.2. The van der Waals surface area contributed by atoms with Crippen molar-refractivity contribution < 1.29 is 24.2 Å². The fourth-order valence-electron chi connectivity index (χ4n) is 5.13. The molecule has 0 spiro atoms. The molecule has 6 heteroatoms. The van der Waals surface area contributed by atoms with Gasteiger partial charge >= 0.3 is 5.97 Å². The summed E-state index contributed by atoms with van der Waals surface area (Å²) >= 11 is 0. The number of benzene rings is 2. The van der Waals surface area contributed by atoms with Gasteiger partial charge in [0.05, 0.1) is 13.2 Å². The molecule has 1 saturated carbocycles. The molecule has 196 valence electrons. The van der Waals surface area contributed by atoms with Crippen LogP contribution in [0, 0.1) is 12.8 Å². The maximum atomic E-state index is 13.5. The van der Waals surface area contributed by atoms with E-state index in [-0.39, 0.29) is 11.8 Å². The molecule has 0 aliphatic heterocycles. The zero-order valence-electron chi connectivity index (χ0n) is 22.0. The number of hydrogen-bond acceptors (Lipinski definition) is 4. The molecule has 2 N–H and O–H groups in total. The monoisotopic (exact) mass is 495 g/mol. The third-order valence-electron chi connectivity index (χ3n) is 7.16. The lowest BCUT2D eigenvalue weighted by Crippen LogP contribution is -2.54. The molecule has 1 fully saturated rings. The van der Waals surface area contributed by atoms with Crippen LogP contribution in [0.2, 0.25) is 0 Å². The van der Waals surface area contributed by atoms with Crippen molar-refractivity contribution in [1.29, 1.82) is 0 Å². The number of rotatable bonds is 14. The summed E-state index contributed by atoms with van der Waals surface area (Å²) in [6, 6.07) is 14.3. The average molecular weight is 496 g/mol. The van der Waals surface area contributed by atoms with Gasteiger partial charge in [0, 0.05) is 11.5 Å². The zero-order chi connectivity index (χ0) is 26.0. The first kappa shape index (κ1) is 27.6. The minimum absolute atomic E-state index is 0.171. The van der Waals surface area contributed by atoms with Crippen LogP contribution in [-0.4, -0.2) is 35.7 Å². The predicted molar refractivity (Wildman–Crippen MR) is 142 cm³/mol. The van der Waals surface area contributed by atoms with E-state index < -0.39 is 11.5 Å². The number of carboxylic acids is 1. The van der Waals surface area contributed by atoms with E-state index in [0.29, 0.717) is 38.9 Å². The molecule has 2 aromatic rings. The highest BCUT2D eigenvalue weighted by molar-refractivity contribution is 5.88. The Morgan fingerprint density at radius 1 is 0.972 bits per heavy atom. The Balaban J connectivity index is 1.78. The van der Waals surface area contributed by atoms with Crippen molar-refractivity contribution in [3.05, 3.63) is 59.2 Å². The Bertz CT molecular complexity index is 971. The smallest absolute Gasteiger partial charge is 0.329 e. The number of amides is 1. The molecule has 0 aromatic heterocycles. The van der Waals surface area contributed by atoms with Crippen molar-refractivity contribution in [2.75, 3.05) is 13.2 Å². The van der Waals surface area contributed by atoms with Gasteiger partial charge in [0.2, 0.25) is 5.91 Å². The Morgan fingerprint density at radius 2 is 1.58 bits per heavy atom. The number of carbonyl (C=O) groups is 2. The summed E-state index contributed by atoms with van der Waals surface area (Å²) in [5.74, 6) is 0.0995. The lowest BCUT2D eigenvalue weighted by atomic mass is 9.89. The van der Waals surface area contributed by atoms with Crippen molar-refractivity contribution in [1.82, 2.24) is 5.32 Å². The molecule has 6 nitrogen and oxygen atoms in total. The van der Waals surface area contributed by atoms with Crippen molar-refractivity contribution >= 4 is 11.9 Å². The minimum atomic E-state index is -1.14. The van der Waals surface area contributed by atoms with Gasteiger partial charge in [-0.25, -0.2) is 4.79 Å². The number of carbonyl (C=O) groups excluding carboxylic acids is 1. The zero-order valence-corrected chi connectivity index (χ0v) is 22.0. The van der Waals surface area contributed by atoms with E-state index in [1.165, 1.54) is 5.56 Å². The van der Waals surface area contributed by atoms with E-state index in [4.69, 9.17) is 9.47 Å². The first-order chi connectivity index (χ1) is 17.4. The van der Waals surface area contributed by atoms with E-state index in [2.05, 4.69) is 17.4 Å². The van der Waals surface area contributed by atoms with E-state index in [9.17, 15) is 14.7 Å². The van der Waals surface area contributed by atoms with Crippen LogP contribution in [0.3, 0.4) is 0 Å². The molecule has 1 aliphatic carbocycles. The van der Waals surface area contributed by atoms with Crippen LogP contribution in [0.15, 0.2) is 42.5 Å². The predicted octanol–water partition coefficient (Wildman–Crippen LogP) is 5.88. The summed E-state index contributed by atoms with van der Waals surface area (Å²) in [6.07, 6.45) is 6.63. The van der Waals surface area contributed by atoms with E-state index in [0.717, 1.165) is 54.7 Å². The van der Waals surface area contributed by atoms with Crippen LogP contribution in [0.5, 0.6) is 11.5 Å². The van der Waals surface area contributed by atoms with Crippen molar-refractivity contribution in [3.8, 4) is 11.5 Å². The maximum absolute atomic E-state index is 13.5. The quantitative estimate of drug-likeness (QED) is 0.320. The van der Waals surface area contributed by atoms with Crippen LogP contribution >= 0.6 is 0 Å². The van der Waals surface area contributed by atoms with Gasteiger partial charge in [-0.2, -0.15) is 0 Å². The summed E-state index contributed by atoms with van der Waals surface area (Å²) in [5, 5.41) is 12.9. The summed E-state index contributed by atoms with van der Waals surface area (Å²) in [7, 11) is 0. The second-order valence-corrected chi connectivity index (χ2v) is 9.80. The molecule has 0 heterocycles. The number of unbranched alkanes of at least 4 members (excludes halogenated alkanes) is 1. The summed E-state index contributed by atoms with van der Waals surface area (Å²) in [5.41, 5.74) is 2.06. The SMILES string of the molecule is CCOc1cc(CC(CCCCc2ccccc2)C(=O)NC2(C(=O)O)CCCC2)cc(OCC)c1C. The Hall–Kier alpha value is -3.02. The number of nitrogens with one attached hydrogen (secondary N) is 1. The third kappa shape index (κ3) is 7.25. The van der Waals surface area contributed by atoms with Gasteiger partial charge in [0.1, 0.15) is 17.0 Å². The van der Waals surface area contributed by atoms with Gasteiger partial charge in [-0.1, -0.05) is 49.6 Å². The van der Waals surface area contributed by atoms with Gasteiger partial charge in [0.15, 0.2) is 0 Å². The Morgan fingerprint density at radius 3 is 2.14 bits per heavy atom. The van der Waals surface area contributed by atoms with E-state index in [1.54, 1.807) is 0 Å². The highest BCUT2D eigenvalue weighted by Crippen LogP contribution is 2.33. The van der Waals surface area contributed by atoms with Crippen molar-refractivity contribution in [2.45, 2.75) is 84.1 Å². The normalized spacial score (nSPS) is 15.3. The molecular weight excluding hydrogens is 454 g/mol. The largest absolute Gasteiger partial charge is 0.493 e. The standard InChI is InChI=1S/C30H41NO5/c1-4-35-26-20-24(21-27(22(26)3)36-5-2)19-25(16-10-9-15-23-13-7-6-8-14-23)28(32)31-30(29(33)34)17-11-12-18-30/h6-8,13-14,20-21,25H,4-5,9-12,15-19H2,1-3H3,(H,31,32)(H,33,34). The summed E-state index contributed by atoms with van der Waals surface area (Å²) in [6.45, 7) is 6.95. The second-order valence-electron chi connectivity index (χ2n) is 9.80. The highest BCUT2D eigenvalue weighted by atomic mass is 16.5. The molecule has 1 aliphatic rings. The molecule has 3 rings (SSSR count). The number of ether oxygens (including phenoxy) is 2.